The first-order chi connectivity index (χ1) is 7.59. The van der Waals surface area contributed by atoms with Gasteiger partial charge in [0.15, 0.2) is 11.5 Å². The number of carbonyl (C=O) groups is 1. The molecule has 0 spiro atoms. The molecule has 0 atom stereocenters. The maximum Gasteiger partial charge on any atom is 0.303 e. The van der Waals surface area contributed by atoms with Gasteiger partial charge < -0.3 is 14.6 Å². The van der Waals surface area contributed by atoms with Crippen molar-refractivity contribution in [3.8, 4) is 11.5 Å². The Morgan fingerprint density at radius 2 is 2.31 bits per heavy atom. The molecule has 1 aliphatic heterocycles. The third kappa shape index (κ3) is 1.90. The fourth-order valence-corrected chi connectivity index (χ4v) is 1.72. The van der Waals surface area contributed by atoms with E-state index in [1.165, 1.54) is 6.07 Å². The summed E-state index contributed by atoms with van der Waals surface area (Å²) in [6.07, 6.45) is -0.0928. The zero-order valence-electron chi connectivity index (χ0n) is 8.13. The molecule has 0 amide bonds. The van der Waals surface area contributed by atoms with Crippen LogP contribution in [0.15, 0.2) is 6.07 Å². The Labute approximate surface area is 95.5 Å². The average molecular weight is 247 g/mol. The zero-order chi connectivity index (χ0) is 11.7. The number of hydrogen-bond acceptors (Lipinski definition) is 3. The van der Waals surface area contributed by atoms with Crippen LogP contribution in [-0.2, 0) is 11.2 Å². The van der Waals surface area contributed by atoms with Crippen molar-refractivity contribution < 1.29 is 23.8 Å². The summed E-state index contributed by atoms with van der Waals surface area (Å²) in [6.45, 7) is -0.00310. The van der Waals surface area contributed by atoms with Gasteiger partial charge in [0, 0.05) is 6.42 Å². The Bertz CT molecular complexity index is 447. The summed E-state index contributed by atoms with van der Waals surface area (Å²) in [4.78, 5) is 10.4. The number of carboxylic acids is 1. The van der Waals surface area contributed by atoms with Crippen LogP contribution in [0.1, 0.15) is 12.0 Å². The molecule has 86 valence electrons. The molecule has 0 aromatic heterocycles. The Kier molecular flexibility index (Phi) is 2.87. The summed E-state index contributed by atoms with van der Waals surface area (Å²) in [7, 11) is 0. The summed E-state index contributed by atoms with van der Waals surface area (Å²) in [5.74, 6) is -1.11. The van der Waals surface area contributed by atoms with E-state index < -0.39 is 11.8 Å². The van der Waals surface area contributed by atoms with Crippen LogP contribution in [0.25, 0.3) is 0 Å². The van der Waals surface area contributed by atoms with Crippen molar-refractivity contribution in [3.63, 3.8) is 0 Å². The van der Waals surface area contributed by atoms with E-state index in [0.717, 1.165) is 0 Å². The van der Waals surface area contributed by atoms with Gasteiger partial charge in [-0.05, 0) is 18.1 Å². The molecule has 1 aromatic carbocycles. The van der Waals surface area contributed by atoms with Crippen molar-refractivity contribution in [2.75, 3.05) is 6.79 Å². The van der Waals surface area contributed by atoms with Crippen molar-refractivity contribution in [1.29, 1.82) is 0 Å². The monoisotopic (exact) mass is 246 g/mol. The maximum atomic E-state index is 13.6. The van der Waals surface area contributed by atoms with Crippen LogP contribution >= 0.6 is 11.6 Å². The van der Waals surface area contributed by atoms with E-state index in [2.05, 4.69) is 0 Å². The third-order valence-electron chi connectivity index (χ3n) is 2.23. The lowest BCUT2D eigenvalue weighted by Gasteiger charge is -2.06. The van der Waals surface area contributed by atoms with Gasteiger partial charge in [-0.1, -0.05) is 11.6 Å². The van der Waals surface area contributed by atoms with Crippen LogP contribution in [0.4, 0.5) is 4.39 Å². The molecule has 0 saturated heterocycles. The van der Waals surface area contributed by atoms with E-state index >= 15 is 0 Å². The van der Waals surface area contributed by atoms with Crippen molar-refractivity contribution in [2.45, 2.75) is 12.8 Å². The quantitative estimate of drug-likeness (QED) is 0.889. The number of carboxylic acid groups (broad SMARTS) is 1. The molecule has 1 heterocycles. The highest BCUT2D eigenvalue weighted by atomic mass is 35.5. The van der Waals surface area contributed by atoms with E-state index in [-0.39, 0.29) is 36.0 Å². The molecular weight excluding hydrogens is 239 g/mol. The van der Waals surface area contributed by atoms with Crippen LogP contribution in [0, 0.1) is 5.82 Å². The molecule has 0 fully saturated rings. The van der Waals surface area contributed by atoms with Crippen molar-refractivity contribution in [2.24, 2.45) is 0 Å². The molecule has 0 bridgehead atoms. The highest BCUT2D eigenvalue weighted by Gasteiger charge is 2.23. The van der Waals surface area contributed by atoms with Gasteiger partial charge in [0.25, 0.3) is 0 Å². The number of ether oxygens (including phenoxy) is 2. The number of aryl methyl sites for hydroxylation is 1. The van der Waals surface area contributed by atoms with Gasteiger partial charge in [-0.2, -0.15) is 0 Å². The van der Waals surface area contributed by atoms with E-state index in [9.17, 15) is 9.18 Å². The predicted octanol–water partition coefficient (Wildman–Crippen LogP) is 2.22. The van der Waals surface area contributed by atoms with Crippen LogP contribution < -0.4 is 9.47 Å². The van der Waals surface area contributed by atoms with Crippen LogP contribution in [-0.4, -0.2) is 17.9 Å². The largest absolute Gasteiger partial charge is 0.481 e. The summed E-state index contributed by atoms with van der Waals surface area (Å²) < 4.78 is 23.7. The highest BCUT2D eigenvalue weighted by Crippen LogP contribution is 2.42. The van der Waals surface area contributed by atoms with Gasteiger partial charge in [0.05, 0.1) is 0 Å². The first-order valence-corrected chi connectivity index (χ1v) is 4.95. The lowest BCUT2D eigenvalue weighted by atomic mass is 10.1. The fourth-order valence-electron chi connectivity index (χ4n) is 1.45. The van der Waals surface area contributed by atoms with Crippen molar-refractivity contribution in [3.05, 3.63) is 22.5 Å². The van der Waals surface area contributed by atoms with E-state index in [1.807, 2.05) is 0 Å². The zero-order valence-corrected chi connectivity index (χ0v) is 8.88. The van der Waals surface area contributed by atoms with Crippen LogP contribution in [0.3, 0.4) is 0 Å². The number of aliphatic carboxylic acids is 1. The third-order valence-corrected chi connectivity index (χ3v) is 2.57. The van der Waals surface area contributed by atoms with Crippen molar-refractivity contribution >= 4 is 17.6 Å². The van der Waals surface area contributed by atoms with E-state index in [1.54, 1.807) is 0 Å². The lowest BCUT2D eigenvalue weighted by molar-refractivity contribution is -0.136. The lowest BCUT2D eigenvalue weighted by Crippen LogP contribution is -2.00. The second kappa shape index (κ2) is 4.17. The minimum atomic E-state index is -0.992. The molecule has 6 heteroatoms. The first kappa shape index (κ1) is 11.0. The Morgan fingerprint density at radius 1 is 1.56 bits per heavy atom. The average Bonchev–Trinajstić information content (AvgIpc) is 2.69. The van der Waals surface area contributed by atoms with Gasteiger partial charge >= 0.3 is 5.97 Å². The van der Waals surface area contributed by atoms with Crippen LogP contribution in [0.5, 0.6) is 11.5 Å². The van der Waals surface area contributed by atoms with Gasteiger partial charge in [-0.15, -0.1) is 0 Å². The molecular formula is C10H8ClFO4. The van der Waals surface area contributed by atoms with Gasteiger partial charge in [-0.25, -0.2) is 4.39 Å². The summed E-state index contributed by atoms with van der Waals surface area (Å²) >= 11 is 5.73. The minimum absolute atomic E-state index is 0.00310. The second-order valence-corrected chi connectivity index (χ2v) is 3.67. The molecule has 16 heavy (non-hydrogen) atoms. The van der Waals surface area contributed by atoms with Gasteiger partial charge in [0.1, 0.15) is 10.8 Å². The number of benzene rings is 1. The molecule has 0 radical (unpaired) electrons. The Balaban J connectivity index is 2.32. The maximum absolute atomic E-state index is 13.6. The van der Waals surface area contributed by atoms with Gasteiger partial charge in [0.2, 0.25) is 6.79 Å². The molecule has 4 nitrogen and oxygen atoms in total. The Hall–Kier alpha value is -1.49. The SMILES string of the molecule is O=C(O)CCc1cc2c(c(Cl)c1F)OCO2. The number of rotatable bonds is 3. The highest BCUT2D eigenvalue weighted by molar-refractivity contribution is 6.32. The number of hydrogen-bond donors (Lipinski definition) is 1. The van der Waals surface area contributed by atoms with Crippen molar-refractivity contribution in [1.82, 2.24) is 0 Å². The molecule has 0 saturated carbocycles. The van der Waals surface area contributed by atoms with Crippen LogP contribution in [0.2, 0.25) is 5.02 Å². The smallest absolute Gasteiger partial charge is 0.303 e. The number of fused-ring (bicyclic) bond motifs is 1. The predicted molar refractivity (Wildman–Crippen MR) is 53.5 cm³/mol. The minimum Gasteiger partial charge on any atom is -0.481 e. The summed E-state index contributed by atoms with van der Waals surface area (Å²) in [5, 5.41) is 8.36. The standard InChI is InChI=1S/C10H8ClFO4/c11-8-9(12)5(1-2-7(13)14)3-6-10(8)16-4-15-6/h3H,1-2,4H2,(H,13,14). The molecule has 2 rings (SSSR count). The van der Waals surface area contributed by atoms with E-state index in [0.29, 0.717) is 5.75 Å². The topological polar surface area (TPSA) is 55.8 Å². The molecule has 1 N–H and O–H groups in total. The van der Waals surface area contributed by atoms with E-state index in [4.69, 9.17) is 26.2 Å². The fraction of sp³-hybridized carbons (Fsp3) is 0.300. The normalized spacial score (nSPS) is 12.9. The summed E-state index contributed by atoms with van der Waals surface area (Å²) in [5.41, 5.74) is 0.219. The first-order valence-electron chi connectivity index (χ1n) is 4.58. The second-order valence-electron chi connectivity index (χ2n) is 3.29. The molecule has 1 aromatic rings. The summed E-state index contributed by atoms with van der Waals surface area (Å²) in [6, 6.07) is 1.42. The molecule has 1 aliphatic rings. The number of halogens is 2. The molecule has 0 aliphatic carbocycles. The Morgan fingerprint density at radius 3 is 3.00 bits per heavy atom. The molecule has 0 unspecified atom stereocenters. The van der Waals surface area contributed by atoms with Gasteiger partial charge in [-0.3, -0.25) is 4.79 Å².